The van der Waals surface area contributed by atoms with Crippen molar-refractivity contribution in [2.45, 2.75) is 26.3 Å². The minimum absolute atomic E-state index is 0.134. The van der Waals surface area contributed by atoms with Crippen molar-refractivity contribution >= 4 is 16.9 Å². The van der Waals surface area contributed by atoms with Gasteiger partial charge < -0.3 is 18.3 Å². The Bertz CT molecular complexity index is 1250. The van der Waals surface area contributed by atoms with Crippen molar-refractivity contribution in [3.8, 4) is 28.3 Å². The molecule has 4 aromatic rings. The van der Waals surface area contributed by atoms with Crippen LogP contribution >= 0.6 is 0 Å². The fourth-order valence-corrected chi connectivity index (χ4v) is 3.06. The average molecular weight is 432 g/mol. The quantitative estimate of drug-likeness (QED) is 0.375. The highest BCUT2D eigenvalue weighted by Gasteiger charge is 2.31. The first-order valence-electron chi connectivity index (χ1n) is 9.08. The number of hydrogen-bond acceptors (Lipinski definition) is 7. The predicted molar refractivity (Wildman–Crippen MR) is 102 cm³/mol. The van der Waals surface area contributed by atoms with E-state index in [0.717, 1.165) is 0 Å². The van der Waals surface area contributed by atoms with E-state index in [-0.39, 0.29) is 17.5 Å². The third-order valence-corrected chi connectivity index (χ3v) is 4.33. The molecule has 0 aliphatic carbocycles. The van der Waals surface area contributed by atoms with Crippen LogP contribution in [0.2, 0.25) is 0 Å². The zero-order valence-electron chi connectivity index (χ0n) is 16.3. The second kappa shape index (κ2) is 7.78. The largest absolute Gasteiger partial charge is 0.573 e. The van der Waals surface area contributed by atoms with Gasteiger partial charge in [-0.3, -0.25) is 4.79 Å². The van der Waals surface area contributed by atoms with E-state index in [1.165, 1.54) is 31.4 Å². The molecule has 0 aliphatic rings. The third-order valence-electron chi connectivity index (χ3n) is 4.33. The highest BCUT2D eigenvalue weighted by Crippen LogP contribution is 2.36. The van der Waals surface area contributed by atoms with Gasteiger partial charge in [0, 0.05) is 23.4 Å². The number of hydrogen-bond donors (Lipinski definition) is 0. The summed E-state index contributed by atoms with van der Waals surface area (Å²) in [5.41, 5.74) is 2.13. The number of rotatable bonds is 5. The van der Waals surface area contributed by atoms with Gasteiger partial charge in [0.15, 0.2) is 6.10 Å². The van der Waals surface area contributed by atoms with Crippen LogP contribution in [-0.4, -0.2) is 22.5 Å². The second-order valence-corrected chi connectivity index (χ2v) is 6.63. The van der Waals surface area contributed by atoms with E-state index < -0.39 is 18.4 Å². The van der Waals surface area contributed by atoms with Gasteiger partial charge in [-0.1, -0.05) is 12.1 Å². The molecule has 0 amide bonds. The predicted octanol–water partition coefficient (Wildman–Crippen LogP) is 5.67. The first kappa shape index (κ1) is 20.5. The molecule has 0 radical (unpaired) electrons. The molecule has 0 bridgehead atoms. The van der Waals surface area contributed by atoms with Crippen molar-refractivity contribution in [2.75, 3.05) is 0 Å². The van der Waals surface area contributed by atoms with Crippen LogP contribution in [0.5, 0.6) is 5.75 Å². The molecule has 2 aromatic carbocycles. The van der Waals surface area contributed by atoms with Gasteiger partial charge in [0.1, 0.15) is 11.3 Å². The molecule has 0 unspecified atom stereocenters. The molecule has 1 atom stereocenters. The molecule has 0 N–H and O–H groups in total. The van der Waals surface area contributed by atoms with Crippen LogP contribution in [0.25, 0.3) is 33.6 Å². The van der Waals surface area contributed by atoms with Gasteiger partial charge in [0.25, 0.3) is 5.89 Å². The Morgan fingerprint density at radius 2 is 1.90 bits per heavy atom. The van der Waals surface area contributed by atoms with Crippen LogP contribution in [0.4, 0.5) is 13.2 Å². The number of ether oxygens (including phenoxy) is 2. The van der Waals surface area contributed by atoms with E-state index in [0.29, 0.717) is 27.7 Å². The Labute approximate surface area is 173 Å². The molecule has 0 saturated heterocycles. The molecular formula is C21H15F3N2O5. The van der Waals surface area contributed by atoms with Gasteiger partial charge >= 0.3 is 12.3 Å². The molecule has 7 nitrogen and oxygen atoms in total. The summed E-state index contributed by atoms with van der Waals surface area (Å²) in [7, 11) is 0. The van der Waals surface area contributed by atoms with Crippen molar-refractivity contribution < 1.29 is 36.3 Å². The number of benzene rings is 2. The fraction of sp³-hybridized carbons (Fsp3) is 0.190. The number of fused-ring (bicyclic) bond motifs is 1. The molecule has 2 heterocycles. The lowest BCUT2D eigenvalue weighted by Gasteiger charge is -2.09. The van der Waals surface area contributed by atoms with Crippen LogP contribution < -0.4 is 4.74 Å². The number of nitrogens with zero attached hydrogens (tertiary/aromatic N) is 2. The SMILES string of the molecule is CC(=O)O[C@H](C)c1nnc(-c2ccc3occ(-c4cccc(OC(F)(F)F)c4)c3c2)o1. The summed E-state index contributed by atoms with van der Waals surface area (Å²) in [6, 6.07) is 10.7. The van der Waals surface area contributed by atoms with Gasteiger partial charge in [-0.2, -0.15) is 0 Å². The smallest absolute Gasteiger partial charge is 0.464 e. The summed E-state index contributed by atoms with van der Waals surface area (Å²) in [4.78, 5) is 11.1. The lowest BCUT2D eigenvalue weighted by Crippen LogP contribution is -2.17. The summed E-state index contributed by atoms with van der Waals surface area (Å²) in [5, 5.41) is 8.51. The maximum Gasteiger partial charge on any atom is 0.573 e. The van der Waals surface area contributed by atoms with Crippen molar-refractivity contribution in [1.29, 1.82) is 0 Å². The summed E-state index contributed by atoms with van der Waals surface area (Å²) in [6.07, 6.45) is -4.05. The molecule has 0 aliphatic heterocycles. The maximum absolute atomic E-state index is 12.5. The van der Waals surface area contributed by atoms with Gasteiger partial charge in [0.05, 0.1) is 6.26 Å². The number of alkyl halides is 3. The van der Waals surface area contributed by atoms with E-state index in [1.807, 2.05) is 0 Å². The van der Waals surface area contributed by atoms with E-state index in [2.05, 4.69) is 14.9 Å². The molecule has 0 spiro atoms. The van der Waals surface area contributed by atoms with Gasteiger partial charge in [0.2, 0.25) is 5.89 Å². The first-order chi connectivity index (χ1) is 14.7. The number of carbonyl (C=O) groups is 1. The molecule has 160 valence electrons. The molecular weight excluding hydrogens is 417 g/mol. The summed E-state index contributed by atoms with van der Waals surface area (Å²) in [6.45, 7) is 2.88. The lowest BCUT2D eigenvalue weighted by molar-refractivity contribution is -0.274. The van der Waals surface area contributed by atoms with Crippen molar-refractivity contribution in [1.82, 2.24) is 10.2 Å². The Hall–Kier alpha value is -3.82. The van der Waals surface area contributed by atoms with Gasteiger partial charge in [-0.25, -0.2) is 0 Å². The Morgan fingerprint density at radius 1 is 1.10 bits per heavy atom. The second-order valence-electron chi connectivity index (χ2n) is 6.63. The summed E-state index contributed by atoms with van der Waals surface area (Å²) < 4.78 is 57.8. The standard InChI is InChI=1S/C21H15F3N2O5/c1-11(29-12(2)27)19-25-26-20(30-19)14-6-7-18-16(9-14)17(10-28-18)13-4-3-5-15(8-13)31-21(22,23)24/h3-11H,1-2H3/t11-/m1/s1. The van der Waals surface area contributed by atoms with E-state index in [4.69, 9.17) is 13.6 Å². The molecule has 0 saturated carbocycles. The number of furan rings is 1. The van der Waals surface area contributed by atoms with Crippen molar-refractivity contribution in [3.63, 3.8) is 0 Å². The number of esters is 1. The number of halogens is 3. The van der Waals surface area contributed by atoms with Crippen LogP contribution in [-0.2, 0) is 9.53 Å². The zero-order valence-corrected chi connectivity index (χ0v) is 16.3. The van der Waals surface area contributed by atoms with Crippen molar-refractivity contribution in [2.24, 2.45) is 0 Å². The van der Waals surface area contributed by atoms with Crippen LogP contribution in [0, 0.1) is 0 Å². The molecule has 31 heavy (non-hydrogen) atoms. The van der Waals surface area contributed by atoms with Crippen LogP contribution in [0.3, 0.4) is 0 Å². The summed E-state index contributed by atoms with van der Waals surface area (Å²) >= 11 is 0. The van der Waals surface area contributed by atoms with E-state index in [9.17, 15) is 18.0 Å². The Balaban J connectivity index is 1.69. The Kier molecular flexibility index (Phi) is 5.14. The zero-order chi connectivity index (χ0) is 22.2. The number of carbonyl (C=O) groups excluding carboxylic acids is 1. The van der Waals surface area contributed by atoms with Crippen molar-refractivity contribution in [3.05, 3.63) is 54.6 Å². The van der Waals surface area contributed by atoms with Crippen LogP contribution in [0.15, 0.2) is 57.6 Å². The van der Waals surface area contributed by atoms with E-state index >= 15 is 0 Å². The molecule has 4 rings (SSSR count). The lowest BCUT2D eigenvalue weighted by atomic mass is 10.0. The Morgan fingerprint density at radius 3 is 2.65 bits per heavy atom. The average Bonchev–Trinajstić information content (AvgIpc) is 3.33. The molecule has 0 fully saturated rings. The van der Waals surface area contributed by atoms with Gasteiger partial charge in [-0.05, 0) is 42.8 Å². The highest BCUT2D eigenvalue weighted by molar-refractivity contribution is 5.96. The number of aromatic nitrogens is 2. The van der Waals surface area contributed by atoms with E-state index in [1.54, 1.807) is 31.2 Å². The minimum Gasteiger partial charge on any atom is -0.464 e. The molecule has 10 heteroatoms. The van der Waals surface area contributed by atoms with Crippen LogP contribution in [0.1, 0.15) is 25.8 Å². The summed E-state index contributed by atoms with van der Waals surface area (Å²) in [5.74, 6) is -0.489. The van der Waals surface area contributed by atoms with Gasteiger partial charge in [-0.15, -0.1) is 23.4 Å². The highest BCUT2D eigenvalue weighted by atomic mass is 19.4. The normalized spacial score (nSPS) is 12.7. The molecule has 2 aromatic heterocycles. The fourth-order valence-electron chi connectivity index (χ4n) is 3.06. The minimum atomic E-state index is -4.79. The third kappa shape index (κ3) is 4.52. The topological polar surface area (TPSA) is 87.6 Å². The first-order valence-corrected chi connectivity index (χ1v) is 9.08. The maximum atomic E-state index is 12.5. The monoisotopic (exact) mass is 432 g/mol.